The Labute approximate surface area is 177 Å². The Kier molecular flexibility index (Phi) is 5.69. The van der Waals surface area contributed by atoms with Crippen LogP contribution in [-0.4, -0.2) is 21.6 Å². The zero-order valence-corrected chi connectivity index (χ0v) is 18.1. The number of benzene rings is 1. The van der Waals surface area contributed by atoms with Crippen LogP contribution < -0.4 is 10.3 Å². The van der Waals surface area contributed by atoms with Gasteiger partial charge in [-0.25, -0.2) is 4.98 Å². The van der Waals surface area contributed by atoms with Gasteiger partial charge < -0.3 is 4.74 Å². The van der Waals surface area contributed by atoms with E-state index in [1.54, 1.807) is 41.0 Å². The minimum atomic E-state index is -0.0185. The highest BCUT2D eigenvalue weighted by atomic mass is 32.2. The van der Waals surface area contributed by atoms with E-state index in [4.69, 9.17) is 9.72 Å². The molecule has 0 saturated heterocycles. The molecule has 0 saturated carbocycles. The number of hydrogen-bond acceptors (Lipinski definition) is 6. The summed E-state index contributed by atoms with van der Waals surface area (Å²) < 4.78 is 6.98. The number of aromatic nitrogens is 3. The average molecular weight is 424 g/mol. The molecule has 5 nitrogen and oxygen atoms in total. The maximum atomic E-state index is 13.6. The molecular weight excluding hydrogens is 402 g/mol. The van der Waals surface area contributed by atoms with Gasteiger partial charge in [-0.1, -0.05) is 24.8 Å². The van der Waals surface area contributed by atoms with Crippen LogP contribution in [0.1, 0.15) is 22.9 Å². The lowest BCUT2D eigenvalue weighted by molar-refractivity contribution is 0.414. The van der Waals surface area contributed by atoms with Gasteiger partial charge in [0.25, 0.3) is 5.56 Å². The van der Waals surface area contributed by atoms with Gasteiger partial charge in [-0.3, -0.25) is 14.3 Å². The van der Waals surface area contributed by atoms with Gasteiger partial charge in [0, 0.05) is 23.0 Å². The highest BCUT2D eigenvalue weighted by Gasteiger charge is 2.19. The second kappa shape index (κ2) is 8.39. The molecule has 0 spiro atoms. The number of nitrogens with zero attached hydrogens (tertiary/aromatic N) is 3. The molecule has 0 aliphatic heterocycles. The van der Waals surface area contributed by atoms with Gasteiger partial charge in [-0.15, -0.1) is 11.3 Å². The number of thioether (sulfide) groups is 1. The fourth-order valence-electron chi connectivity index (χ4n) is 3.31. The normalized spacial score (nSPS) is 11.1. The summed E-state index contributed by atoms with van der Waals surface area (Å²) in [6.45, 7) is 4.14. The first-order valence-electron chi connectivity index (χ1n) is 9.33. The summed E-state index contributed by atoms with van der Waals surface area (Å²) in [5.74, 6) is 1.44. The van der Waals surface area contributed by atoms with E-state index in [9.17, 15) is 4.79 Å². The van der Waals surface area contributed by atoms with Crippen molar-refractivity contribution in [2.75, 3.05) is 7.11 Å². The first kappa shape index (κ1) is 19.7. The number of methoxy groups -OCH3 is 1. The van der Waals surface area contributed by atoms with E-state index in [2.05, 4.69) is 18.8 Å². The van der Waals surface area contributed by atoms with Crippen molar-refractivity contribution in [3.63, 3.8) is 0 Å². The minimum absolute atomic E-state index is 0.0185. The Morgan fingerprint density at radius 2 is 2.00 bits per heavy atom. The van der Waals surface area contributed by atoms with Gasteiger partial charge in [0.05, 0.1) is 18.2 Å². The summed E-state index contributed by atoms with van der Waals surface area (Å²) in [6, 6.07) is 11.5. The van der Waals surface area contributed by atoms with Gasteiger partial charge in [0.2, 0.25) is 0 Å². The van der Waals surface area contributed by atoms with E-state index in [1.807, 2.05) is 42.6 Å². The Morgan fingerprint density at radius 1 is 1.21 bits per heavy atom. The lowest BCUT2D eigenvalue weighted by Gasteiger charge is -2.13. The molecule has 1 aromatic carbocycles. The Balaban J connectivity index is 1.88. The lowest BCUT2D eigenvalue weighted by atomic mass is 10.1. The Hall–Kier alpha value is -2.64. The van der Waals surface area contributed by atoms with Crippen LogP contribution in [0.2, 0.25) is 0 Å². The third-order valence-corrected chi connectivity index (χ3v) is 6.82. The van der Waals surface area contributed by atoms with E-state index in [0.717, 1.165) is 44.1 Å². The number of thiophene rings is 1. The molecule has 0 radical (unpaired) electrons. The zero-order valence-electron chi connectivity index (χ0n) is 16.5. The number of ether oxygens (including phenoxy) is 1. The van der Waals surface area contributed by atoms with Crippen LogP contribution in [0.5, 0.6) is 5.75 Å². The molecule has 29 heavy (non-hydrogen) atoms. The summed E-state index contributed by atoms with van der Waals surface area (Å²) in [5, 5.41) is 1.41. The second-order valence-corrected chi connectivity index (χ2v) is 8.70. The predicted octanol–water partition coefficient (Wildman–Crippen LogP) is 5.01. The zero-order chi connectivity index (χ0) is 20.4. The van der Waals surface area contributed by atoms with Crippen LogP contribution in [-0.2, 0) is 12.2 Å². The first-order valence-corrected chi connectivity index (χ1v) is 11.1. The van der Waals surface area contributed by atoms with Crippen LogP contribution in [0.4, 0.5) is 0 Å². The average Bonchev–Trinajstić information content (AvgIpc) is 3.08. The number of rotatable bonds is 6. The molecule has 0 N–H and O–H groups in total. The SMILES string of the molecule is CCc1c(C)sc2nc(SCc3cccnc3)n(-c3ccc(OC)cc3)c(=O)c12. The number of hydrogen-bond donors (Lipinski definition) is 0. The van der Waals surface area contributed by atoms with Gasteiger partial charge in [-0.05, 0) is 54.8 Å². The van der Waals surface area contributed by atoms with Gasteiger partial charge in [0.15, 0.2) is 5.16 Å². The fourth-order valence-corrected chi connectivity index (χ4v) is 5.41. The minimum Gasteiger partial charge on any atom is -0.497 e. The molecule has 4 aromatic rings. The van der Waals surface area contributed by atoms with Crippen LogP contribution in [0.15, 0.2) is 58.7 Å². The number of fused-ring (bicyclic) bond motifs is 1. The largest absolute Gasteiger partial charge is 0.497 e. The molecular formula is C22H21N3O2S2. The maximum Gasteiger partial charge on any atom is 0.267 e. The summed E-state index contributed by atoms with van der Waals surface area (Å²) in [6.07, 6.45) is 4.41. The smallest absolute Gasteiger partial charge is 0.267 e. The Bertz CT molecular complexity index is 1200. The molecule has 4 rings (SSSR count). The molecule has 0 aliphatic carbocycles. The summed E-state index contributed by atoms with van der Waals surface area (Å²) >= 11 is 3.14. The van der Waals surface area contributed by atoms with E-state index in [0.29, 0.717) is 10.9 Å². The predicted molar refractivity (Wildman–Crippen MR) is 120 cm³/mol. The van der Waals surface area contributed by atoms with E-state index < -0.39 is 0 Å². The summed E-state index contributed by atoms with van der Waals surface area (Å²) in [4.78, 5) is 24.6. The number of pyridine rings is 1. The highest BCUT2D eigenvalue weighted by molar-refractivity contribution is 7.98. The van der Waals surface area contributed by atoms with Crippen molar-refractivity contribution in [3.8, 4) is 11.4 Å². The van der Waals surface area contributed by atoms with Crippen molar-refractivity contribution in [2.45, 2.75) is 31.2 Å². The fraction of sp³-hybridized carbons (Fsp3) is 0.227. The molecule has 3 heterocycles. The quantitative estimate of drug-likeness (QED) is 0.322. The van der Waals surface area contributed by atoms with Crippen LogP contribution >= 0.6 is 23.1 Å². The second-order valence-electron chi connectivity index (χ2n) is 6.55. The molecule has 0 unspecified atom stereocenters. The van der Waals surface area contributed by atoms with Crippen molar-refractivity contribution in [1.82, 2.24) is 14.5 Å². The summed E-state index contributed by atoms with van der Waals surface area (Å²) in [7, 11) is 1.63. The first-order chi connectivity index (χ1) is 14.1. The molecule has 0 fully saturated rings. The van der Waals surface area contributed by atoms with Crippen LogP contribution in [0.3, 0.4) is 0 Å². The third-order valence-electron chi connectivity index (χ3n) is 4.77. The van der Waals surface area contributed by atoms with Gasteiger partial charge in [0.1, 0.15) is 10.6 Å². The summed E-state index contributed by atoms with van der Waals surface area (Å²) in [5.41, 5.74) is 2.94. The van der Waals surface area contributed by atoms with E-state index in [1.165, 1.54) is 0 Å². The monoisotopic (exact) mass is 423 g/mol. The van der Waals surface area contributed by atoms with Gasteiger partial charge in [-0.2, -0.15) is 0 Å². The molecule has 0 amide bonds. The molecule has 0 aliphatic rings. The highest BCUT2D eigenvalue weighted by Crippen LogP contribution is 2.31. The van der Waals surface area contributed by atoms with Crippen LogP contribution in [0, 0.1) is 6.92 Å². The van der Waals surface area contributed by atoms with Crippen molar-refractivity contribution in [1.29, 1.82) is 0 Å². The molecule has 148 valence electrons. The molecule has 7 heteroatoms. The lowest BCUT2D eigenvalue weighted by Crippen LogP contribution is -2.22. The van der Waals surface area contributed by atoms with Crippen LogP contribution in [0.25, 0.3) is 15.9 Å². The van der Waals surface area contributed by atoms with Gasteiger partial charge >= 0.3 is 0 Å². The molecule has 0 bridgehead atoms. The maximum absolute atomic E-state index is 13.6. The topological polar surface area (TPSA) is 57.0 Å². The molecule has 0 atom stereocenters. The third kappa shape index (κ3) is 3.80. The Morgan fingerprint density at radius 3 is 2.66 bits per heavy atom. The van der Waals surface area contributed by atoms with E-state index >= 15 is 0 Å². The van der Waals surface area contributed by atoms with Crippen molar-refractivity contribution >= 4 is 33.3 Å². The molecule has 3 aromatic heterocycles. The van der Waals surface area contributed by atoms with Crippen molar-refractivity contribution in [3.05, 3.63) is 75.1 Å². The van der Waals surface area contributed by atoms with Crippen molar-refractivity contribution in [2.24, 2.45) is 0 Å². The van der Waals surface area contributed by atoms with E-state index in [-0.39, 0.29) is 5.56 Å². The van der Waals surface area contributed by atoms with Crippen molar-refractivity contribution < 1.29 is 4.74 Å². The number of aryl methyl sites for hydroxylation is 2. The standard InChI is InChI=1S/C22H21N3O2S2/c1-4-18-14(2)29-20-19(18)21(26)25(16-7-9-17(27-3)10-8-16)22(24-20)28-13-15-6-5-11-23-12-15/h5-12H,4,13H2,1-3H3.